The molecule has 178 valence electrons. The number of hydrogen-bond donors (Lipinski definition) is 0. The van der Waals surface area contributed by atoms with Gasteiger partial charge in [0, 0.05) is 61.9 Å². The summed E-state index contributed by atoms with van der Waals surface area (Å²) < 4.78 is 5.92. The van der Waals surface area contributed by atoms with Gasteiger partial charge in [-0.15, -0.1) is 0 Å². The van der Waals surface area contributed by atoms with E-state index in [1.165, 1.54) is 15.0 Å². The number of fused-ring (bicyclic) bond motifs is 1. The third kappa shape index (κ3) is 5.11. The fourth-order valence-corrected chi connectivity index (χ4v) is 5.88. The molecule has 0 bridgehead atoms. The average Bonchev–Trinajstić information content (AvgIpc) is 3.28. The number of nitrogens with zero attached hydrogens (tertiary/aromatic N) is 4. The number of carbonyl (C=O) groups excluding carboxylic acids is 2. The van der Waals surface area contributed by atoms with Gasteiger partial charge in [0.25, 0.3) is 0 Å². The maximum absolute atomic E-state index is 12.7. The summed E-state index contributed by atoms with van der Waals surface area (Å²) in [4.78, 5) is 31.6. The molecular weight excluding hydrogens is 468 g/mol. The van der Waals surface area contributed by atoms with E-state index in [1.807, 2.05) is 24.3 Å². The van der Waals surface area contributed by atoms with Crippen LogP contribution in [0.15, 0.2) is 48.5 Å². The van der Waals surface area contributed by atoms with Gasteiger partial charge in [-0.25, -0.2) is 0 Å². The minimum atomic E-state index is -0.0553. The van der Waals surface area contributed by atoms with Crippen LogP contribution < -0.4 is 4.90 Å². The molecule has 0 atom stereocenters. The van der Waals surface area contributed by atoms with Gasteiger partial charge >= 0.3 is 0 Å². The molecule has 8 heteroatoms. The van der Waals surface area contributed by atoms with Crippen molar-refractivity contribution in [2.45, 2.75) is 31.6 Å². The molecule has 0 spiro atoms. The molecule has 0 radical (unpaired) electrons. The molecule has 1 aromatic heterocycles. The van der Waals surface area contributed by atoms with Crippen LogP contribution in [0.3, 0.4) is 0 Å². The van der Waals surface area contributed by atoms with Crippen molar-refractivity contribution in [3.05, 3.63) is 59.1 Å². The molecule has 2 aromatic carbocycles. The second-order valence-corrected chi connectivity index (χ2v) is 10.4. The number of unbranched alkanes of at least 4 members (excludes halogenated alkanes) is 1. The maximum atomic E-state index is 12.7. The Morgan fingerprint density at radius 2 is 1.56 bits per heavy atom. The van der Waals surface area contributed by atoms with Crippen LogP contribution in [0.25, 0.3) is 10.1 Å². The highest BCUT2D eigenvalue weighted by atomic mass is 35.5. The van der Waals surface area contributed by atoms with E-state index >= 15 is 0 Å². The van der Waals surface area contributed by atoms with Crippen molar-refractivity contribution >= 4 is 50.9 Å². The van der Waals surface area contributed by atoms with Crippen LogP contribution in [0.5, 0.6) is 0 Å². The number of aromatic nitrogens is 1. The van der Waals surface area contributed by atoms with Crippen LogP contribution in [0, 0.1) is 0 Å². The molecule has 0 aliphatic carbocycles. The van der Waals surface area contributed by atoms with Gasteiger partial charge in [-0.1, -0.05) is 35.9 Å². The molecule has 3 heterocycles. The van der Waals surface area contributed by atoms with Crippen molar-refractivity contribution in [2.75, 3.05) is 44.2 Å². The van der Waals surface area contributed by atoms with E-state index in [-0.39, 0.29) is 17.7 Å². The number of rotatable bonds is 7. The molecule has 34 heavy (non-hydrogen) atoms. The van der Waals surface area contributed by atoms with E-state index in [4.69, 9.17) is 11.6 Å². The molecular formula is C26H29ClN4O2S. The minimum absolute atomic E-state index is 0.0420. The largest absolute Gasteiger partial charge is 0.353 e. The van der Waals surface area contributed by atoms with Gasteiger partial charge in [0.05, 0.1) is 4.70 Å². The lowest BCUT2D eigenvalue weighted by molar-refractivity contribution is -0.148. The second-order valence-electron chi connectivity index (χ2n) is 9.13. The first-order valence-corrected chi connectivity index (χ1v) is 13.1. The zero-order valence-electron chi connectivity index (χ0n) is 19.2. The Morgan fingerprint density at radius 3 is 2.29 bits per heavy atom. The van der Waals surface area contributed by atoms with Gasteiger partial charge in [-0.2, -0.15) is 4.37 Å². The molecule has 0 unspecified atom stereocenters. The number of halogens is 1. The summed E-state index contributed by atoms with van der Waals surface area (Å²) in [6, 6.07) is 15.9. The van der Waals surface area contributed by atoms with Crippen molar-refractivity contribution in [2.24, 2.45) is 0 Å². The van der Waals surface area contributed by atoms with E-state index in [1.54, 1.807) is 11.5 Å². The van der Waals surface area contributed by atoms with Crippen LogP contribution in [0.1, 0.15) is 37.2 Å². The van der Waals surface area contributed by atoms with Gasteiger partial charge in [-0.3, -0.25) is 19.4 Å². The number of imide groups is 1. The number of hydrogen-bond acceptors (Lipinski definition) is 6. The van der Waals surface area contributed by atoms with Gasteiger partial charge in [0.1, 0.15) is 5.82 Å². The molecule has 2 fully saturated rings. The lowest BCUT2D eigenvalue weighted by atomic mass is 9.88. The molecule has 0 N–H and O–H groups in total. The third-order valence-corrected chi connectivity index (χ3v) is 7.99. The van der Waals surface area contributed by atoms with E-state index in [2.05, 4.69) is 38.4 Å². The highest BCUT2D eigenvalue weighted by Gasteiger charge is 2.33. The predicted molar refractivity (Wildman–Crippen MR) is 138 cm³/mol. The Balaban J connectivity index is 1.05. The zero-order chi connectivity index (χ0) is 23.5. The summed E-state index contributed by atoms with van der Waals surface area (Å²) in [5, 5.41) is 1.91. The smallest absolute Gasteiger partial charge is 0.229 e. The Hall–Kier alpha value is -2.48. The first-order chi connectivity index (χ1) is 16.6. The Morgan fingerprint density at radius 1 is 0.882 bits per heavy atom. The minimum Gasteiger partial charge on any atom is -0.353 e. The SMILES string of the molecule is O=C1CC(c2ccc(Cl)cc2)CC(=O)N1CCCCN1CCN(c2nsc3ccccc23)CC1. The van der Waals surface area contributed by atoms with Gasteiger partial charge in [0.15, 0.2) is 0 Å². The molecule has 2 amide bonds. The molecule has 2 saturated heterocycles. The van der Waals surface area contributed by atoms with Crippen molar-refractivity contribution in [1.82, 2.24) is 14.2 Å². The first-order valence-electron chi connectivity index (χ1n) is 12.0. The lowest BCUT2D eigenvalue weighted by Crippen LogP contribution is -2.47. The molecule has 6 nitrogen and oxygen atoms in total. The molecule has 3 aromatic rings. The van der Waals surface area contributed by atoms with Crippen LogP contribution >= 0.6 is 23.1 Å². The fourth-order valence-electron chi connectivity index (χ4n) is 4.96. The number of anilines is 1. The number of benzene rings is 2. The summed E-state index contributed by atoms with van der Waals surface area (Å²) in [5.74, 6) is 0.958. The number of amides is 2. The Kier molecular flexibility index (Phi) is 7.13. The van der Waals surface area contributed by atoms with Crippen LogP contribution in [-0.4, -0.2) is 65.3 Å². The summed E-state index contributed by atoms with van der Waals surface area (Å²) in [7, 11) is 0. The summed E-state index contributed by atoms with van der Waals surface area (Å²) in [6.45, 7) is 5.49. The lowest BCUT2D eigenvalue weighted by Gasteiger charge is -2.35. The molecule has 5 rings (SSSR count). The van der Waals surface area contributed by atoms with E-state index in [9.17, 15) is 9.59 Å². The van der Waals surface area contributed by atoms with Crippen LogP contribution in [0.2, 0.25) is 5.02 Å². The molecule has 2 aliphatic rings. The van der Waals surface area contributed by atoms with Crippen molar-refractivity contribution in [3.8, 4) is 0 Å². The van der Waals surface area contributed by atoms with E-state index in [0.717, 1.165) is 56.9 Å². The molecule has 2 aliphatic heterocycles. The van der Waals surface area contributed by atoms with Crippen molar-refractivity contribution in [3.63, 3.8) is 0 Å². The number of carbonyl (C=O) groups is 2. The zero-order valence-corrected chi connectivity index (χ0v) is 20.7. The predicted octanol–water partition coefficient (Wildman–Crippen LogP) is 4.78. The Labute approximate surface area is 209 Å². The van der Waals surface area contributed by atoms with E-state index in [0.29, 0.717) is 24.4 Å². The highest BCUT2D eigenvalue weighted by Crippen LogP contribution is 2.31. The Bertz CT molecular complexity index is 1140. The van der Waals surface area contributed by atoms with E-state index < -0.39 is 0 Å². The molecule has 0 saturated carbocycles. The van der Waals surface area contributed by atoms with Crippen LogP contribution in [-0.2, 0) is 9.59 Å². The maximum Gasteiger partial charge on any atom is 0.229 e. The van der Waals surface area contributed by atoms with Crippen molar-refractivity contribution < 1.29 is 9.59 Å². The third-order valence-electron chi connectivity index (χ3n) is 6.92. The van der Waals surface area contributed by atoms with Gasteiger partial charge in [-0.05, 0) is 60.7 Å². The quantitative estimate of drug-likeness (QED) is 0.348. The van der Waals surface area contributed by atoms with Gasteiger partial charge in [0.2, 0.25) is 11.8 Å². The summed E-state index contributed by atoms with van der Waals surface area (Å²) in [6.07, 6.45) is 2.61. The fraction of sp³-hybridized carbons (Fsp3) is 0.423. The number of piperazine rings is 1. The topological polar surface area (TPSA) is 56.8 Å². The van der Waals surface area contributed by atoms with Crippen molar-refractivity contribution in [1.29, 1.82) is 0 Å². The average molecular weight is 497 g/mol. The highest BCUT2D eigenvalue weighted by molar-refractivity contribution is 7.13. The normalized spacial score (nSPS) is 18.3. The number of likely N-dealkylation sites (tertiary alicyclic amines) is 1. The second kappa shape index (κ2) is 10.4. The standard InChI is InChI=1S/C26H29ClN4O2S/c27-21-9-7-19(8-10-21)20-17-24(32)31(25(33)18-20)12-4-3-11-29-13-15-30(16-14-29)26-22-5-1-2-6-23(22)34-28-26/h1-2,5-10,20H,3-4,11-18H2. The van der Waals surface area contributed by atoms with Crippen LogP contribution in [0.4, 0.5) is 5.82 Å². The van der Waals surface area contributed by atoms with Gasteiger partial charge < -0.3 is 4.90 Å². The first kappa shape index (κ1) is 23.3. The summed E-state index contributed by atoms with van der Waals surface area (Å²) >= 11 is 7.53. The number of piperidine rings is 1. The summed E-state index contributed by atoms with van der Waals surface area (Å²) in [5.41, 5.74) is 1.01. The monoisotopic (exact) mass is 496 g/mol.